The molecule has 1 aliphatic heterocycles. The molecule has 0 aliphatic carbocycles. The number of amides is 4. The molecule has 1 aromatic carbocycles. The largest absolute Gasteiger partial charge is 0.357 e. The quantitative estimate of drug-likeness (QED) is 0.239. The smallest absolute Gasteiger partial charge is 0.286 e. The first-order valence-corrected chi connectivity index (χ1v) is 11.1. The number of hydrogen-bond acceptors (Lipinski definition) is 6. The molecule has 0 bridgehead atoms. The number of likely N-dealkylation sites (tertiary alicyclic amines) is 1. The summed E-state index contributed by atoms with van der Waals surface area (Å²) in [5, 5.41) is 8.50. The first kappa shape index (κ1) is 26.0. The zero-order valence-corrected chi connectivity index (χ0v) is 19.4. The van der Waals surface area contributed by atoms with Crippen molar-refractivity contribution >= 4 is 35.6 Å². The van der Waals surface area contributed by atoms with E-state index < -0.39 is 23.8 Å². The molecule has 1 aliphatic rings. The standard InChI is InChI=1S/C23H33N5O5/c1-24-11-5-4-6-16-7-9-18(10-8-16)26-22(32)17-12-19(23(33)25-2)28(13-17)20(30)14-27(3)21(31)15-29/h7-10,15,17,19,24H,4-6,11-14H2,1-3H3,(H,25,33)(H,26,32). The van der Waals surface area contributed by atoms with Gasteiger partial charge in [-0.1, -0.05) is 12.1 Å². The average Bonchev–Trinajstić information content (AvgIpc) is 3.27. The molecule has 1 aromatic rings. The zero-order valence-electron chi connectivity index (χ0n) is 19.4. The second-order valence-corrected chi connectivity index (χ2v) is 8.17. The van der Waals surface area contributed by atoms with Crippen LogP contribution < -0.4 is 16.0 Å². The summed E-state index contributed by atoms with van der Waals surface area (Å²) >= 11 is 0. The summed E-state index contributed by atoms with van der Waals surface area (Å²) in [6, 6.07) is 6.83. The average molecular weight is 460 g/mol. The molecular weight excluding hydrogens is 426 g/mol. The van der Waals surface area contributed by atoms with E-state index in [4.69, 9.17) is 0 Å². The lowest BCUT2D eigenvalue weighted by Gasteiger charge is -2.25. The van der Waals surface area contributed by atoms with Crippen LogP contribution in [0.3, 0.4) is 0 Å². The van der Waals surface area contributed by atoms with Gasteiger partial charge < -0.3 is 25.8 Å². The molecule has 1 saturated heterocycles. The van der Waals surface area contributed by atoms with Gasteiger partial charge in [0.1, 0.15) is 6.04 Å². The lowest BCUT2D eigenvalue weighted by atomic mass is 10.0. The Morgan fingerprint density at radius 1 is 1.09 bits per heavy atom. The van der Waals surface area contributed by atoms with Crippen molar-refractivity contribution in [2.24, 2.45) is 5.92 Å². The molecule has 2 unspecified atom stereocenters. The lowest BCUT2D eigenvalue weighted by molar-refractivity contribution is -0.144. The van der Waals surface area contributed by atoms with Gasteiger partial charge in [-0.3, -0.25) is 24.0 Å². The second kappa shape index (κ2) is 12.7. The van der Waals surface area contributed by atoms with E-state index in [2.05, 4.69) is 16.0 Å². The van der Waals surface area contributed by atoms with Gasteiger partial charge in [0.15, 0.2) is 0 Å². The first-order valence-electron chi connectivity index (χ1n) is 11.1. The minimum absolute atomic E-state index is 0.0510. The maximum Gasteiger partial charge on any atom is 0.286 e. The number of likely N-dealkylation sites (N-methyl/N-ethyl adjacent to an activating group) is 2. The summed E-state index contributed by atoms with van der Waals surface area (Å²) in [4.78, 5) is 62.2. The molecule has 2 rings (SSSR count). The normalized spacial score (nSPS) is 17.4. The fourth-order valence-electron chi connectivity index (χ4n) is 3.81. The highest BCUT2D eigenvalue weighted by Gasteiger charge is 2.42. The highest BCUT2D eigenvalue weighted by molar-refractivity contribution is 6.23. The van der Waals surface area contributed by atoms with Crippen molar-refractivity contribution in [1.29, 1.82) is 0 Å². The number of aldehydes is 1. The Hall–Kier alpha value is -3.27. The summed E-state index contributed by atoms with van der Waals surface area (Å²) in [7, 11) is 4.72. The van der Waals surface area contributed by atoms with Gasteiger partial charge in [0, 0.05) is 26.3 Å². The van der Waals surface area contributed by atoms with Gasteiger partial charge in [-0.05, 0) is 57.0 Å². The monoisotopic (exact) mass is 459 g/mol. The topological polar surface area (TPSA) is 128 Å². The van der Waals surface area contributed by atoms with E-state index >= 15 is 0 Å². The predicted octanol–water partition coefficient (Wildman–Crippen LogP) is -0.212. The van der Waals surface area contributed by atoms with Crippen LogP contribution in [-0.4, -0.2) is 86.5 Å². The summed E-state index contributed by atoms with van der Waals surface area (Å²) in [6.45, 7) is 0.681. The lowest BCUT2D eigenvalue weighted by Crippen LogP contribution is -2.48. The van der Waals surface area contributed by atoms with E-state index in [1.165, 1.54) is 24.6 Å². The number of rotatable bonds is 11. The van der Waals surface area contributed by atoms with Crippen LogP contribution in [0.2, 0.25) is 0 Å². The number of anilines is 1. The van der Waals surface area contributed by atoms with Crippen LogP contribution in [0.4, 0.5) is 5.69 Å². The van der Waals surface area contributed by atoms with Crippen molar-refractivity contribution in [2.75, 3.05) is 46.1 Å². The summed E-state index contributed by atoms with van der Waals surface area (Å²) < 4.78 is 0. The van der Waals surface area contributed by atoms with Gasteiger partial charge in [-0.15, -0.1) is 0 Å². The van der Waals surface area contributed by atoms with Gasteiger partial charge in [0.05, 0.1) is 12.5 Å². The molecule has 0 saturated carbocycles. The van der Waals surface area contributed by atoms with Gasteiger partial charge in [0.2, 0.25) is 24.0 Å². The van der Waals surface area contributed by atoms with E-state index in [1.807, 2.05) is 31.3 Å². The number of carbonyl (C=O) groups is 5. The van der Waals surface area contributed by atoms with Gasteiger partial charge >= 0.3 is 0 Å². The van der Waals surface area contributed by atoms with Crippen molar-refractivity contribution in [3.05, 3.63) is 29.8 Å². The Bertz CT molecular complexity index is 857. The molecule has 2 atom stereocenters. The SMILES string of the molecule is CNCCCCc1ccc(NC(=O)C2CC(C(=O)NC)N(C(=O)CN(C)C(=O)C=O)C2)cc1. The molecule has 180 valence electrons. The molecule has 1 heterocycles. The van der Waals surface area contributed by atoms with Crippen molar-refractivity contribution in [3.63, 3.8) is 0 Å². The molecule has 1 fully saturated rings. The molecule has 33 heavy (non-hydrogen) atoms. The summed E-state index contributed by atoms with van der Waals surface area (Å²) in [5.41, 5.74) is 1.84. The minimum Gasteiger partial charge on any atom is -0.357 e. The summed E-state index contributed by atoms with van der Waals surface area (Å²) in [6.07, 6.45) is 3.43. The fraction of sp³-hybridized carbons (Fsp3) is 0.522. The van der Waals surface area contributed by atoms with Gasteiger partial charge in [-0.2, -0.15) is 0 Å². The Kier molecular flexibility index (Phi) is 9.99. The Morgan fingerprint density at radius 2 is 1.79 bits per heavy atom. The van der Waals surface area contributed by atoms with Crippen LogP contribution in [0.15, 0.2) is 24.3 Å². The van der Waals surface area contributed by atoms with E-state index in [0.29, 0.717) is 5.69 Å². The maximum absolute atomic E-state index is 12.8. The van der Waals surface area contributed by atoms with Crippen molar-refractivity contribution < 1.29 is 24.0 Å². The highest BCUT2D eigenvalue weighted by atomic mass is 16.2. The first-order chi connectivity index (χ1) is 15.8. The van der Waals surface area contributed by atoms with Gasteiger partial charge in [-0.25, -0.2) is 0 Å². The molecule has 0 spiro atoms. The maximum atomic E-state index is 12.8. The van der Waals surface area contributed by atoms with Crippen LogP contribution in [0.5, 0.6) is 0 Å². The number of unbranched alkanes of at least 4 members (excludes halogenated alkanes) is 1. The molecular formula is C23H33N5O5. The fourth-order valence-corrected chi connectivity index (χ4v) is 3.81. The molecule has 0 radical (unpaired) electrons. The third-order valence-electron chi connectivity index (χ3n) is 5.75. The number of aryl methyl sites for hydroxylation is 1. The number of nitrogens with one attached hydrogen (secondary N) is 3. The predicted molar refractivity (Wildman–Crippen MR) is 123 cm³/mol. The number of carbonyl (C=O) groups excluding carboxylic acids is 5. The van der Waals surface area contributed by atoms with E-state index in [9.17, 15) is 24.0 Å². The van der Waals surface area contributed by atoms with E-state index in [-0.39, 0.29) is 37.6 Å². The summed E-state index contributed by atoms with van der Waals surface area (Å²) in [5.74, 6) is -2.58. The van der Waals surface area contributed by atoms with Crippen molar-refractivity contribution in [3.8, 4) is 0 Å². The van der Waals surface area contributed by atoms with Gasteiger partial charge in [0.25, 0.3) is 5.91 Å². The number of nitrogens with zero attached hydrogens (tertiary/aromatic N) is 2. The van der Waals surface area contributed by atoms with Crippen LogP contribution in [0, 0.1) is 5.92 Å². The third kappa shape index (κ3) is 7.38. The Morgan fingerprint density at radius 3 is 2.39 bits per heavy atom. The van der Waals surface area contributed by atoms with E-state index in [0.717, 1.165) is 30.7 Å². The van der Waals surface area contributed by atoms with Crippen LogP contribution >= 0.6 is 0 Å². The molecule has 3 N–H and O–H groups in total. The van der Waals surface area contributed by atoms with Crippen LogP contribution in [0.1, 0.15) is 24.8 Å². The van der Waals surface area contributed by atoms with Crippen LogP contribution in [0.25, 0.3) is 0 Å². The molecule has 0 aromatic heterocycles. The Balaban J connectivity index is 1.99. The second-order valence-electron chi connectivity index (χ2n) is 8.17. The van der Waals surface area contributed by atoms with Crippen molar-refractivity contribution in [2.45, 2.75) is 31.7 Å². The minimum atomic E-state index is -0.834. The number of hydrogen-bond donors (Lipinski definition) is 3. The Labute approximate surface area is 194 Å². The van der Waals surface area contributed by atoms with Crippen molar-refractivity contribution in [1.82, 2.24) is 20.4 Å². The third-order valence-corrected chi connectivity index (χ3v) is 5.75. The molecule has 10 nitrogen and oxygen atoms in total. The molecule has 4 amide bonds. The molecule has 10 heteroatoms. The zero-order chi connectivity index (χ0) is 24.4. The van der Waals surface area contributed by atoms with Crippen LogP contribution in [-0.2, 0) is 30.4 Å². The van der Waals surface area contributed by atoms with E-state index in [1.54, 1.807) is 0 Å². The highest BCUT2D eigenvalue weighted by Crippen LogP contribution is 2.25. The number of benzene rings is 1.